The molecule has 2 heterocycles. The molecule has 0 aliphatic rings. The maximum Gasteiger partial charge on any atom is 0.257 e. The third-order valence-corrected chi connectivity index (χ3v) is 3.74. The zero-order valence-electron chi connectivity index (χ0n) is 14.1. The molecule has 2 N–H and O–H groups in total. The van der Waals surface area contributed by atoms with Crippen molar-refractivity contribution in [2.24, 2.45) is 0 Å². The van der Waals surface area contributed by atoms with Gasteiger partial charge in [0.2, 0.25) is 5.56 Å². The molecule has 0 saturated carbocycles. The minimum atomic E-state index is -0.298. The Morgan fingerprint density at radius 1 is 1.24 bits per heavy atom. The van der Waals surface area contributed by atoms with E-state index in [1.54, 1.807) is 10.7 Å². The van der Waals surface area contributed by atoms with Gasteiger partial charge in [-0.15, -0.1) is 5.10 Å². The Bertz CT molecular complexity index is 953. The molecule has 0 fully saturated rings. The molecule has 1 aromatic carbocycles. The second kappa shape index (κ2) is 6.68. The zero-order valence-corrected chi connectivity index (χ0v) is 14.1. The standard InChI is InChI=1S/C17H18N6O2/c1-10(2)16-20-21-22-23(16)14-6-5-13(8-11(14)3)19-17(25)12-4-7-15(24)18-9-12/h4-10H,1-3H3,(H,18,24)(H,19,25). The molecular formula is C17H18N6O2. The van der Waals surface area contributed by atoms with E-state index < -0.39 is 0 Å². The number of hydrogen-bond acceptors (Lipinski definition) is 5. The molecular weight excluding hydrogens is 320 g/mol. The summed E-state index contributed by atoms with van der Waals surface area (Å²) in [5.74, 6) is 0.663. The van der Waals surface area contributed by atoms with Crippen molar-refractivity contribution >= 4 is 11.6 Å². The Kier molecular flexibility index (Phi) is 4.42. The molecule has 2 aromatic heterocycles. The largest absolute Gasteiger partial charge is 0.328 e. The first-order valence-electron chi connectivity index (χ1n) is 7.85. The molecule has 0 spiro atoms. The molecule has 8 heteroatoms. The highest BCUT2D eigenvalue weighted by atomic mass is 16.1. The Balaban J connectivity index is 1.84. The van der Waals surface area contributed by atoms with E-state index in [1.807, 2.05) is 32.9 Å². The lowest BCUT2D eigenvalue weighted by molar-refractivity contribution is 0.102. The first kappa shape index (κ1) is 16.6. The average Bonchev–Trinajstić information content (AvgIpc) is 3.05. The van der Waals surface area contributed by atoms with Crippen molar-refractivity contribution in [3.05, 3.63) is 63.8 Å². The maximum absolute atomic E-state index is 12.2. The van der Waals surface area contributed by atoms with Gasteiger partial charge in [-0.25, -0.2) is 0 Å². The number of anilines is 1. The van der Waals surface area contributed by atoms with Crippen LogP contribution in [-0.4, -0.2) is 31.1 Å². The van der Waals surface area contributed by atoms with Crippen LogP contribution in [0, 0.1) is 6.92 Å². The van der Waals surface area contributed by atoms with Crippen LogP contribution in [0.4, 0.5) is 5.69 Å². The minimum absolute atomic E-state index is 0.189. The Morgan fingerprint density at radius 3 is 2.68 bits per heavy atom. The van der Waals surface area contributed by atoms with Crippen molar-refractivity contribution < 1.29 is 4.79 Å². The van der Waals surface area contributed by atoms with Crippen molar-refractivity contribution in [3.8, 4) is 5.69 Å². The highest BCUT2D eigenvalue weighted by Gasteiger charge is 2.14. The predicted molar refractivity (Wildman–Crippen MR) is 93.0 cm³/mol. The quantitative estimate of drug-likeness (QED) is 0.757. The topological polar surface area (TPSA) is 106 Å². The van der Waals surface area contributed by atoms with E-state index in [0.717, 1.165) is 17.1 Å². The second-order valence-corrected chi connectivity index (χ2v) is 6.00. The summed E-state index contributed by atoms with van der Waals surface area (Å²) in [5.41, 5.74) is 2.56. The summed E-state index contributed by atoms with van der Waals surface area (Å²) in [7, 11) is 0. The molecule has 0 bridgehead atoms. The number of aromatic nitrogens is 5. The highest BCUT2D eigenvalue weighted by Crippen LogP contribution is 2.21. The lowest BCUT2D eigenvalue weighted by Crippen LogP contribution is -2.15. The number of carbonyl (C=O) groups is 1. The van der Waals surface area contributed by atoms with Gasteiger partial charge >= 0.3 is 0 Å². The molecule has 128 valence electrons. The third-order valence-electron chi connectivity index (χ3n) is 3.74. The highest BCUT2D eigenvalue weighted by molar-refractivity contribution is 6.04. The van der Waals surface area contributed by atoms with E-state index in [-0.39, 0.29) is 17.4 Å². The van der Waals surface area contributed by atoms with Crippen LogP contribution in [0.1, 0.15) is 41.5 Å². The number of tetrazole rings is 1. The van der Waals surface area contributed by atoms with Crippen LogP contribution in [0.3, 0.4) is 0 Å². The zero-order chi connectivity index (χ0) is 18.0. The molecule has 0 aliphatic heterocycles. The van der Waals surface area contributed by atoms with Crippen molar-refractivity contribution in [1.82, 2.24) is 25.2 Å². The number of pyridine rings is 1. The number of H-pyrrole nitrogens is 1. The average molecular weight is 338 g/mol. The van der Waals surface area contributed by atoms with E-state index in [0.29, 0.717) is 11.3 Å². The number of carbonyl (C=O) groups excluding carboxylic acids is 1. The van der Waals surface area contributed by atoms with Crippen molar-refractivity contribution in [2.75, 3.05) is 5.32 Å². The summed E-state index contributed by atoms with van der Waals surface area (Å²) in [6.07, 6.45) is 1.38. The van der Waals surface area contributed by atoms with Crippen LogP contribution in [0.25, 0.3) is 5.69 Å². The first-order valence-corrected chi connectivity index (χ1v) is 7.85. The van der Waals surface area contributed by atoms with Crippen molar-refractivity contribution in [3.63, 3.8) is 0 Å². The Morgan fingerprint density at radius 2 is 2.04 bits per heavy atom. The normalized spacial score (nSPS) is 10.9. The molecule has 8 nitrogen and oxygen atoms in total. The van der Waals surface area contributed by atoms with E-state index in [4.69, 9.17) is 0 Å². The third kappa shape index (κ3) is 3.47. The number of rotatable bonds is 4. The first-order chi connectivity index (χ1) is 12.0. The molecule has 25 heavy (non-hydrogen) atoms. The van der Waals surface area contributed by atoms with Gasteiger partial charge in [0.1, 0.15) is 0 Å². The number of benzene rings is 1. The van der Waals surface area contributed by atoms with Gasteiger partial charge in [-0.05, 0) is 47.2 Å². The number of aryl methyl sites for hydroxylation is 1. The fourth-order valence-corrected chi connectivity index (χ4v) is 2.45. The van der Waals surface area contributed by atoms with E-state index in [2.05, 4.69) is 25.8 Å². The van der Waals surface area contributed by atoms with Crippen molar-refractivity contribution in [2.45, 2.75) is 26.7 Å². The SMILES string of the molecule is Cc1cc(NC(=O)c2ccc(=O)[nH]c2)ccc1-n1nnnc1C(C)C. The lowest BCUT2D eigenvalue weighted by atomic mass is 10.1. The van der Waals surface area contributed by atoms with Crippen LogP contribution < -0.4 is 10.9 Å². The molecule has 0 unspecified atom stereocenters. The Hall–Kier alpha value is -3.29. The van der Waals surface area contributed by atoms with Crippen LogP contribution >= 0.6 is 0 Å². The molecule has 0 atom stereocenters. The van der Waals surface area contributed by atoms with E-state index in [1.165, 1.54) is 18.3 Å². The summed E-state index contributed by atoms with van der Waals surface area (Å²) in [6, 6.07) is 8.29. The smallest absolute Gasteiger partial charge is 0.257 e. The summed E-state index contributed by atoms with van der Waals surface area (Å²) in [5, 5.41) is 14.7. The van der Waals surface area contributed by atoms with E-state index in [9.17, 15) is 9.59 Å². The maximum atomic E-state index is 12.2. The molecule has 3 rings (SSSR count). The summed E-state index contributed by atoms with van der Waals surface area (Å²) >= 11 is 0. The molecule has 3 aromatic rings. The molecule has 0 radical (unpaired) electrons. The van der Waals surface area contributed by atoms with Gasteiger partial charge < -0.3 is 10.3 Å². The number of nitrogens with zero attached hydrogens (tertiary/aromatic N) is 4. The fourth-order valence-electron chi connectivity index (χ4n) is 2.45. The fraction of sp³-hybridized carbons (Fsp3) is 0.235. The lowest BCUT2D eigenvalue weighted by Gasteiger charge is -2.12. The summed E-state index contributed by atoms with van der Waals surface area (Å²) in [6.45, 7) is 5.98. The number of hydrogen-bond donors (Lipinski definition) is 2. The number of aromatic amines is 1. The van der Waals surface area contributed by atoms with Gasteiger partial charge in [0.25, 0.3) is 5.91 Å². The second-order valence-electron chi connectivity index (χ2n) is 6.00. The summed E-state index contributed by atoms with van der Waals surface area (Å²) < 4.78 is 1.70. The van der Waals surface area contributed by atoms with Gasteiger partial charge in [0.05, 0.1) is 11.3 Å². The van der Waals surface area contributed by atoms with Gasteiger partial charge in [-0.3, -0.25) is 9.59 Å². The summed E-state index contributed by atoms with van der Waals surface area (Å²) in [4.78, 5) is 25.8. The predicted octanol–water partition coefficient (Wildman–Crippen LogP) is 2.03. The van der Waals surface area contributed by atoms with Gasteiger partial charge in [0.15, 0.2) is 5.82 Å². The molecule has 0 saturated heterocycles. The molecule has 0 aliphatic carbocycles. The van der Waals surface area contributed by atoms with Gasteiger partial charge in [-0.1, -0.05) is 13.8 Å². The molecule has 1 amide bonds. The number of nitrogens with one attached hydrogen (secondary N) is 2. The van der Waals surface area contributed by atoms with Crippen LogP contribution in [0.15, 0.2) is 41.3 Å². The van der Waals surface area contributed by atoms with E-state index >= 15 is 0 Å². The van der Waals surface area contributed by atoms with Crippen molar-refractivity contribution in [1.29, 1.82) is 0 Å². The monoisotopic (exact) mass is 338 g/mol. The van der Waals surface area contributed by atoms with Gasteiger partial charge in [0, 0.05) is 23.9 Å². The Labute approximate surface area is 143 Å². The van der Waals surface area contributed by atoms with Crippen LogP contribution in [-0.2, 0) is 0 Å². The van der Waals surface area contributed by atoms with Crippen LogP contribution in [0.2, 0.25) is 0 Å². The van der Waals surface area contributed by atoms with Crippen LogP contribution in [0.5, 0.6) is 0 Å². The number of amides is 1. The minimum Gasteiger partial charge on any atom is -0.328 e. The van der Waals surface area contributed by atoms with Gasteiger partial charge in [-0.2, -0.15) is 4.68 Å².